The zero-order valence-corrected chi connectivity index (χ0v) is 14.2. The summed E-state index contributed by atoms with van der Waals surface area (Å²) in [6.07, 6.45) is 1.80. The molecule has 3 rings (SSSR count). The number of sulfone groups is 1. The molecule has 0 spiro atoms. The number of carbonyl (C=O) groups is 1. The highest BCUT2D eigenvalue weighted by Crippen LogP contribution is 2.24. The van der Waals surface area contributed by atoms with Gasteiger partial charge in [-0.3, -0.25) is 4.79 Å². The van der Waals surface area contributed by atoms with E-state index in [9.17, 15) is 22.0 Å². The second-order valence-electron chi connectivity index (χ2n) is 5.89. The maximum atomic E-state index is 13.3. The maximum absolute atomic E-state index is 13.3. The number of hydrogen-bond acceptors (Lipinski definition) is 5. The van der Waals surface area contributed by atoms with Crippen LogP contribution in [0, 0.1) is 11.6 Å². The van der Waals surface area contributed by atoms with Gasteiger partial charge in [0.2, 0.25) is 15.0 Å². The first-order valence-corrected chi connectivity index (χ1v) is 9.17. The fourth-order valence-electron chi connectivity index (χ4n) is 2.86. The van der Waals surface area contributed by atoms with Gasteiger partial charge in [-0.25, -0.2) is 17.2 Å². The normalized spacial score (nSPS) is 16.2. The third kappa shape index (κ3) is 3.26. The molecule has 10 heteroatoms. The third-order valence-corrected chi connectivity index (χ3v) is 6.49. The highest BCUT2D eigenvalue weighted by atomic mass is 32.2. The summed E-state index contributed by atoms with van der Waals surface area (Å²) < 4.78 is 52.8. The molecule has 1 amide bonds. The van der Waals surface area contributed by atoms with Crippen molar-refractivity contribution in [1.82, 2.24) is 19.7 Å². The van der Waals surface area contributed by atoms with E-state index in [1.807, 2.05) is 0 Å². The van der Waals surface area contributed by atoms with Crippen molar-refractivity contribution in [3.05, 3.63) is 41.7 Å². The van der Waals surface area contributed by atoms with Crippen LogP contribution in [-0.4, -0.2) is 52.3 Å². The topological polar surface area (TPSA) is 85.2 Å². The standard InChI is InChI=1S/C15H16F2N4O3S/c1-20-9-18-19-15(20)25(23,24)11-4-6-21(7-5-11)14(22)10-2-3-12(16)13(17)8-10/h2-3,8-9,11H,4-7H2,1H3. The van der Waals surface area contributed by atoms with E-state index in [4.69, 9.17) is 0 Å². The van der Waals surface area contributed by atoms with Gasteiger partial charge in [-0.05, 0) is 31.0 Å². The molecule has 0 bridgehead atoms. The van der Waals surface area contributed by atoms with Gasteiger partial charge >= 0.3 is 0 Å². The summed E-state index contributed by atoms with van der Waals surface area (Å²) in [5.74, 6) is -2.57. The quantitative estimate of drug-likeness (QED) is 0.810. The predicted octanol–water partition coefficient (Wildman–Crippen LogP) is 1.17. The second kappa shape index (κ2) is 6.51. The third-order valence-electron chi connectivity index (χ3n) is 4.26. The average Bonchev–Trinajstić information content (AvgIpc) is 3.04. The largest absolute Gasteiger partial charge is 0.339 e. The summed E-state index contributed by atoms with van der Waals surface area (Å²) in [5, 5.41) is 6.47. The van der Waals surface area contributed by atoms with Crippen molar-refractivity contribution in [2.24, 2.45) is 7.05 Å². The van der Waals surface area contributed by atoms with Gasteiger partial charge < -0.3 is 9.47 Å². The second-order valence-corrected chi connectivity index (χ2v) is 8.01. The van der Waals surface area contributed by atoms with E-state index in [0.717, 1.165) is 12.1 Å². The molecule has 1 saturated heterocycles. The van der Waals surface area contributed by atoms with Crippen LogP contribution in [0.3, 0.4) is 0 Å². The van der Waals surface area contributed by atoms with E-state index < -0.39 is 32.6 Å². The fraction of sp³-hybridized carbons (Fsp3) is 0.400. The van der Waals surface area contributed by atoms with Crippen LogP contribution in [0.5, 0.6) is 0 Å². The number of amides is 1. The monoisotopic (exact) mass is 370 g/mol. The Labute approximate surface area is 143 Å². The van der Waals surface area contributed by atoms with Crippen LogP contribution in [0.1, 0.15) is 23.2 Å². The van der Waals surface area contributed by atoms with Crippen molar-refractivity contribution >= 4 is 15.7 Å². The van der Waals surface area contributed by atoms with Crippen LogP contribution in [0.2, 0.25) is 0 Å². The zero-order valence-electron chi connectivity index (χ0n) is 13.4. The number of likely N-dealkylation sites (tertiary alicyclic amines) is 1. The van der Waals surface area contributed by atoms with E-state index in [1.54, 1.807) is 7.05 Å². The number of benzene rings is 1. The molecule has 0 radical (unpaired) electrons. The predicted molar refractivity (Wildman–Crippen MR) is 83.5 cm³/mol. The number of carbonyl (C=O) groups excluding carboxylic acids is 1. The average molecular weight is 370 g/mol. The van der Waals surface area contributed by atoms with Crippen LogP contribution in [0.4, 0.5) is 8.78 Å². The lowest BCUT2D eigenvalue weighted by Crippen LogP contribution is -2.42. The minimum atomic E-state index is -3.63. The Morgan fingerprint density at radius 2 is 1.88 bits per heavy atom. The lowest BCUT2D eigenvalue weighted by Gasteiger charge is -2.31. The van der Waals surface area contributed by atoms with E-state index in [0.29, 0.717) is 0 Å². The Kier molecular flexibility index (Phi) is 4.55. The van der Waals surface area contributed by atoms with Gasteiger partial charge in [0, 0.05) is 25.7 Å². The molecule has 134 valence electrons. The lowest BCUT2D eigenvalue weighted by atomic mass is 10.1. The van der Waals surface area contributed by atoms with Gasteiger partial charge in [0.25, 0.3) is 5.91 Å². The van der Waals surface area contributed by atoms with Crippen LogP contribution in [0.15, 0.2) is 29.7 Å². The van der Waals surface area contributed by atoms with Crippen molar-refractivity contribution in [3.8, 4) is 0 Å². The molecule has 2 aromatic rings. The Bertz CT molecular complexity index is 905. The summed E-state index contributed by atoms with van der Waals surface area (Å²) in [7, 11) is -2.08. The molecular weight excluding hydrogens is 354 g/mol. The number of halogens is 2. The molecule has 7 nitrogen and oxygen atoms in total. The van der Waals surface area contributed by atoms with Gasteiger partial charge in [-0.1, -0.05) is 0 Å². The maximum Gasteiger partial charge on any atom is 0.253 e. The van der Waals surface area contributed by atoms with Crippen LogP contribution in [-0.2, 0) is 16.9 Å². The molecule has 1 aliphatic rings. The van der Waals surface area contributed by atoms with Gasteiger partial charge in [-0.2, -0.15) is 0 Å². The molecule has 0 aliphatic carbocycles. The molecule has 1 aromatic carbocycles. The summed E-state index contributed by atoms with van der Waals surface area (Å²) in [6.45, 7) is 0.416. The van der Waals surface area contributed by atoms with Gasteiger partial charge in [0.1, 0.15) is 6.33 Å². The Balaban J connectivity index is 1.70. The Morgan fingerprint density at radius 3 is 2.44 bits per heavy atom. The summed E-state index contributed by atoms with van der Waals surface area (Å²) in [4.78, 5) is 13.8. The van der Waals surface area contributed by atoms with Gasteiger partial charge in [-0.15, -0.1) is 10.2 Å². The van der Waals surface area contributed by atoms with Crippen molar-refractivity contribution in [3.63, 3.8) is 0 Å². The minimum Gasteiger partial charge on any atom is -0.339 e. The zero-order chi connectivity index (χ0) is 18.2. The van der Waals surface area contributed by atoms with Crippen LogP contribution in [0.25, 0.3) is 0 Å². The van der Waals surface area contributed by atoms with E-state index in [1.165, 1.54) is 21.9 Å². The van der Waals surface area contributed by atoms with Crippen LogP contribution >= 0.6 is 0 Å². The Morgan fingerprint density at radius 1 is 1.20 bits per heavy atom. The van der Waals surface area contributed by atoms with Crippen LogP contribution < -0.4 is 0 Å². The van der Waals surface area contributed by atoms with Crippen molar-refractivity contribution in [1.29, 1.82) is 0 Å². The van der Waals surface area contributed by atoms with E-state index in [2.05, 4.69) is 10.2 Å². The number of rotatable bonds is 3. The number of aromatic nitrogens is 3. The molecule has 1 fully saturated rings. The van der Waals surface area contributed by atoms with Crippen molar-refractivity contribution in [2.75, 3.05) is 13.1 Å². The van der Waals surface area contributed by atoms with Crippen molar-refractivity contribution in [2.45, 2.75) is 23.2 Å². The first kappa shape index (κ1) is 17.5. The molecule has 25 heavy (non-hydrogen) atoms. The number of piperidine rings is 1. The Hall–Kier alpha value is -2.36. The summed E-state index contributed by atoms with van der Waals surface area (Å²) in [6, 6.07) is 2.96. The fourth-order valence-corrected chi connectivity index (χ4v) is 4.60. The van der Waals surface area contributed by atoms with Crippen molar-refractivity contribution < 1.29 is 22.0 Å². The molecule has 0 atom stereocenters. The lowest BCUT2D eigenvalue weighted by molar-refractivity contribution is 0.0725. The highest BCUT2D eigenvalue weighted by molar-refractivity contribution is 7.91. The van der Waals surface area contributed by atoms with Gasteiger partial charge in [0.15, 0.2) is 11.6 Å². The van der Waals surface area contributed by atoms with E-state index >= 15 is 0 Å². The molecule has 0 saturated carbocycles. The number of aryl methyl sites for hydroxylation is 1. The smallest absolute Gasteiger partial charge is 0.253 e. The number of hydrogen-bond donors (Lipinski definition) is 0. The summed E-state index contributed by atoms with van der Waals surface area (Å²) in [5.41, 5.74) is 0.0357. The molecule has 2 heterocycles. The first-order chi connectivity index (χ1) is 11.8. The summed E-state index contributed by atoms with van der Waals surface area (Å²) >= 11 is 0. The number of nitrogens with zero attached hydrogens (tertiary/aromatic N) is 4. The first-order valence-electron chi connectivity index (χ1n) is 7.63. The van der Waals surface area contributed by atoms with E-state index in [-0.39, 0.29) is 36.7 Å². The molecular formula is C15H16F2N4O3S. The molecule has 0 unspecified atom stereocenters. The SMILES string of the molecule is Cn1cnnc1S(=O)(=O)C1CCN(C(=O)c2ccc(F)c(F)c2)CC1. The van der Waals surface area contributed by atoms with Gasteiger partial charge in [0.05, 0.1) is 5.25 Å². The molecule has 0 N–H and O–H groups in total. The molecule has 1 aromatic heterocycles. The molecule has 1 aliphatic heterocycles. The minimum absolute atomic E-state index is 0.0357. The highest BCUT2D eigenvalue weighted by Gasteiger charge is 2.35.